The molecule has 1 amide bonds. The normalized spacial score (nSPS) is 35.2. The van der Waals surface area contributed by atoms with E-state index in [4.69, 9.17) is 5.73 Å². The number of nitrogens with two attached hydrogens (primary N) is 1. The summed E-state index contributed by atoms with van der Waals surface area (Å²) in [5.74, 6) is -0.212. The molecule has 1 heterocycles. The van der Waals surface area contributed by atoms with Gasteiger partial charge in [-0.3, -0.25) is 19.9 Å². The van der Waals surface area contributed by atoms with Crippen molar-refractivity contribution in [2.45, 2.75) is 62.4 Å². The molecule has 3 fully saturated rings. The lowest BCUT2D eigenvalue weighted by Gasteiger charge is -2.53. The van der Waals surface area contributed by atoms with Gasteiger partial charge in [0.15, 0.2) is 6.35 Å². The Morgan fingerprint density at radius 1 is 1.18 bits per heavy atom. The van der Waals surface area contributed by atoms with Crippen LogP contribution < -0.4 is 11.1 Å². The summed E-state index contributed by atoms with van der Waals surface area (Å²) in [6.07, 6.45) is 6.06. The maximum atomic E-state index is 12.1. The Morgan fingerprint density at radius 3 is 2.32 bits per heavy atom. The summed E-state index contributed by atoms with van der Waals surface area (Å²) in [6.45, 7) is 1.33. The van der Waals surface area contributed by atoms with E-state index in [0.717, 1.165) is 51.5 Å². The maximum Gasteiger partial charge on any atom is 0.224 e. The first-order valence-corrected chi connectivity index (χ1v) is 10.5. The van der Waals surface area contributed by atoms with Gasteiger partial charge >= 0.3 is 0 Å². The molecular weight excluding hydrogens is 352 g/mol. The number of carbonyl (C=O) groups is 1. The van der Waals surface area contributed by atoms with Crippen molar-refractivity contribution in [3.05, 3.63) is 35.9 Å². The zero-order valence-electron chi connectivity index (χ0n) is 17.2. The number of carbonyl (C=O) groups excluding carboxylic acids is 1. The van der Waals surface area contributed by atoms with Gasteiger partial charge in [-0.2, -0.15) is 0 Å². The van der Waals surface area contributed by atoms with Gasteiger partial charge in [-0.1, -0.05) is 36.8 Å². The van der Waals surface area contributed by atoms with E-state index in [1.165, 1.54) is 5.56 Å². The third kappa shape index (κ3) is 2.98. The highest BCUT2D eigenvalue weighted by atomic mass is 16.3. The number of amides is 1. The van der Waals surface area contributed by atoms with Gasteiger partial charge in [0, 0.05) is 24.2 Å². The predicted molar refractivity (Wildman–Crippen MR) is 109 cm³/mol. The number of benzene rings is 1. The average Bonchev–Trinajstić information content (AvgIpc) is 2.95. The summed E-state index contributed by atoms with van der Waals surface area (Å²) in [6, 6.07) is 10.8. The fourth-order valence-electron chi connectivity index (χ4n) is 5.75. The number of hydrogen-bond acceptors (Lipinski definition) is 5. The molecule has 2 aliphatic carbocycles. The zero-order valence-corrected chi connectivity index (χ0v) is 17.2. The first-order valence-electron chi connectivity index (χ1n) is 10.5. The molecule has 1 atom stereocenters. The molecule has 4 rings (SSSR count). The molecule has 0 bridgehead atoms. The quantitative estimate of drug-likeness (QED) is 0.716. The van der Waals surface area contributed by atoms with Gasteiger partial charge in [0.05, 0.1) is 5.41 Å². The Morgan fingerprint density at radius 2 is 1.82 bits per heavy atom. The summed E-state index contributed by atoms with van der Waals surface area (Å²) in [7, 11) is 4.34. The SMILES string of the molecule is CN(C)[C@]1(c2ccccc2)CC[C@]2(CC1)CNC(O)N2CC1(C(N)=O)CCC1. The van der Waals surface area contributed by atoms with Crippen LogP contribution >= 0.6 is 0 Å². The molecule has 6 heteroatoms. The van der Waals surface area contributed by atoms with Crippen LogP contribution in [-0.2, 0) is 10.3 Å². The van der Waals surface area contributed by atoms with Crippen LogP contribution in [0, 0.1) is 5.41 Å². The minimum absolute atomic E-state index is 0.0174. The number of rotatable bonds is 5. The Hall–Kier alpha value is -1.47. The molecule has 1 aromatic carbocycles. The Bertz CT molecular complexity index is 709. The number of hydrogen-bond donors (Lipinski definition) is 3. The van der Waals surface area contributed by atoms with Crippen LogP contribution in [0.5, 0.6) is 0 Å². The van der Waals surface area contributed by atoms with Gasteiger partial charge in [-0.15, -0.1) is 0 Å². The van der Waals surface area contributed by atoms with Crippen LogP contribution in [0.15, 0.2) is 30.3 Å². The van der Waals surface area contributed by atoms with Crippen LogP contribution in [0.3, 0.4) is 0 Å². The Labute approximate surface area is 168 Å². The topological polar surface area (TPSA) is 81.8 Å². The molecule has 1 aromatic rings. The van der Waals surface area contributed by atoms with Gasteiger partial charge in [0.1, 0.15) is 0 Å². The van der Waals surface area contributed by atoms with E-state index < -0.39 is 11.8 Å². The lowest BCUT2D eigenvalue weighted by Crippen LogP contribution is -2.60. The minimum Gasteiger partial charge on any atom is -0.369 e. The summed E-state index contributed by atoms with van der Waals surface area (Å²) in [5, 5.41) is 13.9. The van der Waals surface area contributed by atoms with Crippen LogP contribution in [0.25, 0.3) is 0 Å². The molecule has 1 spiro atoms. The predicted octanol–water partition coefficient (Wildman–Crippen LogP) is 1.59. The Kier molecular flexibility index (Phi) is 5.02. The maximum absolute atomic E-state index is 12.1. The first-order chi connectivity index (χ1) is 13.3. The summed E-state index contributed by atoms with van der Waals surface area (Å²) in [4.78, 5) is 16.6. The molecule has 0 radical (unpaired) electrons. The van der Waals surface area contributed by atoms with Crippen molar-refractivity contribution in [2.75, 3.05) is 27.2 Å². The van der Waals surface area contributed by atoms with Gasteiger partial charge in [0.2, 0.25) is 5.91 Å². The van der Waals surface area contributed by atoms with Crippen molar-refractivity contribution < 1.29 is 9.90 Å². The monoisotopic (exact) mass is 386 g/mol. The molecule has 4 N–H and O–H groups in total. The van der Waals surface area contributed by atoms with E-state index in [2.05, 4.69) is 59.5 Å². The lowest BCUT2D eigenvalue weighted by molar-refractivity contribution is -0.141. The minimum atomic E-state index is -0.694. The Balaban J connectivity index is 1.57. The molecule has 1 aliphatic heterocycles. The fourth-order valence-corrected chi connectivity index (χ4v) is 5.75. The smallest absolute Gasteiger partial charge is 0.224 e. The van der Waals surface area contributed by atoms with Crippen molar-refractivity contribution in [3.63, 3.8) is 0 Å². The van der Waals surface area contributed by atoms with Crippen molar-refractivity contribution in [1.29, 1.82) is 0 Å². The zero-order chi connectivity index (χ0) is 20.0. The summed E-state index contributed by atoms with van der Waals surface area (Å²) >= 11 is 0. The fraction of sp³-hybridized carbons (Fsp3) is 0.682. The molecule has 0 aromatic heterocycles. The second kappa shape index (κ2) is 7.10. The molecule has 154 valence electrons. The largest absolute Gasteiger partial charge is 0.369 e. The highest BCUT2D eigenvalue weighted by Gasteiger charge is 2.55. The second-order valence-electron chi connectivity index (χ2n) is 9.40. The van der Waals surface area contributed by atoms with Gasteiger partial charge < -0.3 is 10.8 Å². The van der Waals surface area contributed by atoms with E-state index in [-0.39, 0.29) is 17.0 Å². The van der Waals surface area contributed by atoms with Crippen molar-refractivity contribution in [2.24, 2.45) is 11.1 Å². The third-order valence-electron chi connectivity index (χ3n) is 8.00. The number of nitrogens with zero attached hydrogens (tertiary/aromatic N) is 2. The summed E-state index contributed by atoms with van der Waals surface area (Å²) in [5.41, 5.74) is 6.57. The standard InChI is InChI=1S/C22H34N4O2/c1-25(2)22(17-7-4-3-5-8-17)13-11-21(12-14-22)15-24-19(28)26(21)16-20(18(23)27)9-6-10-20/h3-5,7-8,19,24,28H,6,9-16H2,1-2H3,(H2,23,27)/t19?,21-,22+. The van der Waals surface area contributed by atoms with Crippen LogP contribution in [0.1, 0.15) is 50.5 Å². The van der Waals surface area contributed by atoms with Gasteiger partial charge in [0.25, 0.3) is 0 Å². The molecule has 1 saturated heterocycles. The molecular formula is C22H34N4O2. The van der Waals surface area contributed by atoms with Crippen molar-refractivity contribution in [3.8, 4) is 0 Å². The third-order valence-corrected chi connectivity index (χ3v) is 8.00. The summed E-state index contributed by atoms with van der Waals surface area (Å²) < 4.78 is 0. The highest BCUT2D eigenvalue weighted by Crippen LogP contribution is 2.50. The number of primary amides is 1. The van der Waals surface area contributed by atoms with Crippen molar-refractivity contribution in [1.82, 2.24) is 15.1 Å². The number of aliphatic hydroxyl groups excluding tert-OH is 1. The molecule has 3 aliphatic rings. The molecule has 1 unspecified atom stereocenters. The lowest BCUT2D eigenvalue weighted by atomic mass is 9.65. The second-order valence-corrected chi connectivity index (χ2v) is 9.40. The number of nitrogens with one attached hydrogen (secondary N) is 1. The van der Waals surface area contributed by atoms with E-state index in [9.17, 15) is 9.90 Å². The molecule has 2 saturated carbocycles. The number of aliphatic hydroxyl groups is 1. The van der Waals surface area contributed by atoms with Gasteiger partial charge in [-0.25, -0.2) is 0 Å². The van der Waals surface area contributed by atoms with Crippen LogP contribution in [-0.4, -0.2) is 59.9 Å². The van der Waals surface area contributed by atoms with Crippen molar-refractivity contribution >= 4 is 5.91 Å². The van der Waals surface area contributed by atoms with E-state index >= 15 is 0 Å². The van der Waals surface area contributed by atoms with Crippen LogP contribution in [0.2, 0.25) is 0 Å². The molecule has 28 heavy (non-hydrogen) atoms. The van der Waals surface area contributed by atoms with Crippen LogP contribution in [0.4, 0.5) is 0 Å². The van der Waals surface area contributed by atoms with E-state index in [1.807, 2.05) is 0 Å². The molecule has 6 nitrogen and oxygen atoms in total. The first kappa shape index (κ1) is 19.8. The van der Waals surface area contributed by atoms with E-state index in [1.54, 1.807) is 0 Å². The van der Waals surface area contributed by atoms with Gasteiger partial charge in [-0.05, 0) is 58.2 Å². The average molecular weight is 387 g/mol. The highest BCUT2D eigenvalue weighted by molar-refractivity contribution is 5.82. The van der Waals surface area contributed by atoms with E-state index in [0.29, 0.717) is 6.54 Å².